The molecule has 0 radical (unpaired) electrons. The van der Waals surface area contributed by atoms with Crippen LogP contribution in [0.3, 0.4) is 0 Å². The van der Waals surface area contributed by atoms with Crippen molar-refractivity contribution < 1.29 is 9.53 Å². The van der Waals surface area contributed by atoms with E-state index in [0.29, 0.717) is 11.1 Å². The fourth-order valence-electron chi connectivity index (χ4n) is 2.73. The van der Waals surface area contributed by atoms with Crippen LogP contribution in [-0.2, 0) is 23.1 Å². The lowest BCUT2D eigenvalue weighted by Crippen LogP contribution is -2.24. The Balaban J connectivity index is 2.07. The summed E-state index contributed by atoms with van der Waals surface area (Å²) in [7, 11) is 3.28. The number of esters is 1. The molecule has 2 unspecified atom stereocenters. The van der Waals surface area contributed by atoms with Crippen molar-refractivity contribution in [2.75, 3.05) is 20.2 Å². The molecule has 0 amide bonds. The van der Waals surface area contributed by atoms with Gasteiger partial charge in [0.25, 0.3) is 0 Å². The van der Waals surface area contributed by atoms with Crippen molar-refractivity contribution in [2.45, 2.75) is 20.4 Å². The highest BCUT2D eigenvalue weighted by atomic mass is 35.5. The molecule has 1 aromatic heterocycles. The number of nitrogens with zero attached hydrogens (tertiary/aromatic N) is 3. The van der Waals surface area contributed by atoms with Gasteiger partial charge in [-0.1, -0.05) is 18.5 Å². The van der Waals surface area contributed by atoms with E-state index in [2.05, 4.69) is 16.9 Å². The average molecular weight is 286 g/mol. The van der Waals surface area contributed by atoms with Gasteiger partial charge in [-0.3, -0.25) is 14.4 Å². The molecule has 2 rings (SSSR count). The van der Waals surface area contributed by atoms with E-state index < -0.39 is 0 Å². The molecule has 0 spiro atoms. The van der Waals surface area contributed by atoms with Crippen LogP contribution in [0.5, 0.6) is 0 Å². The fourth-order valence-corrected chi connectivity index (χ4v) is 2.97. The minimum Gasteiger partial charge on any atom is -0.469 e. The summed E-state index contributed by atoms with van der Waals surface area (Å²) in [6, 6.07) is 0. The van der Waals surface area contributed by atoms with E-state index in [9.17, 15) is 4.79 Å². The molecule has 19 heavy (non-hydrogen) atoms. The average Bonchev–Trinajstić information content (AvgIpc) is 2.84. The zero-order valence-electron chi connectivity index (χ0n) is 11.8. The van der Waals surface area contributed by atoms with Crippen LogP contribution in [0.1, 0.15) is 18.2 Å². The first-order valence-corrected chi connectivity index (χ1v) is 6.80. The number of aromatic nitrogens is 2. The van der Waals surface area contributed by atoms with Gasteiger partial charge in [0.15, 0.2) is 0 Å². The lowest BCUT2D eigenvalue weighted by molar-refractivity contribution is -0.146. The number of methoxy groups -OCH3 is 1. The molecule has 0 aliphatic carbocycles. The molecule has 1 saturated heterocycles. The molecule has 1 aliphatic rings. The zero-order chi connectivity index (χ0) is 14.2. The molecule has 2 atom stereocenters. The Morgan fingerprint density at radius 1 is 1.53 bits per heavy atom. The Labute approximate surface area is 118 Å². The molecule has 0 N–H and O–H groups in total. The topological polar surface area (TPSA) is 47.4 Å². The Morgan fingerprint density at radius 3 is 2.74 bits per heavy atom. The van der Waals surface area contributed by atoms with Crippen LogP contribution in [-0.4, -0.2) is 40.8 Å². The minimum atomic E-state index is -0.121. The van der Waals surface area contributed by atoms with Crippen LogP contribution in [0.4, 0.5) is 0 Å². The van der Waals surface area contributed by atoms with Gasteiger partial charge in [0.1, 0.15) is 5.15 Å². The van der Waals surface area contributed by atoms with E-state index >= 15 is 0 Å². The maximum absolute atomic E-state index is 11.7. The molecule has 5 nitrogen and oxygen atoms in total. The van der Waals surface area contributed by atoms with Gasteiger partial charge in [-0.25, -0.2) is 0 Å². The third-order valence-corrected chi connectivity index (χ3v) is 4.32. The highest BCUT2D eigenvalue weighted by Gasteiger charge is 2.35. The first-order valence-electron chi connectivity index (χ1n) is 6.42. The first-order chi connectivity index (χ1) is 8.93. The number of rotatable bonds is 3. The largest absolute Gasteiger partial charge is 0.469 e. The number of carbonyl (C=O) groups excluding carboxylic acids is 1. The quantitative estimate of drug-likeness (QED) is 0.792. The third kappa shape index (κ3) is 2.77. The predicted octanol–water partition coefficient (Wildman–Crippen LogP) is 1.62. The van der Waals surface area contributed by atoms with Crippen molar-refractivity contribution in [3.63, 3.8) is 0 Å². The Kier molecular flexibility index (Phi) is 4.16. The summed E-state index contributed by atoms with van der Waals surface area (Å²) in [4.78, 5) is 13.9. The van der Waals surface area contributed by atoms with Gasteiger partial charge in [0.05, 0.1) is 18.7 Å². The van der Waals surface area contributed by atoms with Crippen molar-refractivity contribution in [1.82, 2.24) is 14.7 Å². The van der Waals surface area contributed by atoms with E-state index in [-0.39, 0.29) is 11.9 Å². The Bertz CT molecular complexity index is 486. The molecule has 2 heterocycles. The summed E-state index contributed by atoms with van der Waals surface area (Å²) in [5, 5.41) is 4.98. The standard InChI is InChI=1S/C13H20ClN3O2/c1-8-5-17(6-10(8)13(18)19-4)7-11-9(2)15-16(3)12(11)14/h8,10H,5-7H2,1-4H3. The summed E-state index contributed by atoms with van der Waals surface area (Å²) in [5.41, 5.74) is 1.99. The first kappa shape index (κ1) is 14.3. The number of carbonyl (C=O) groups is 1. The van der Waals surface area contributed by atoms with Crippen LogP contribution >= 0.6 is 11.6 Å². The fraction of sp³-hybridized carbons (Fsp3) is 0.692. The van der Waals surface area contributed by atoms with Gasteiger partial charge >= 0.3 is 5.97 Å². The van der Waals surface area contributed by atoms with Gasteiger partial charge in [-0.2, -0.15) is 5.10 Å². The number of likely N-dealkylation sites (tertiary alicyclic amines) is 1. The van der Waals surface area contributed by atoms with Crippen molar-refractivity contribution in [2.24, 2.45) is 18.9 Å². The second kappa shape index (κ2) is 5.51. The van der Waals surface area contributed by atoms with Gasteiger partial charge < -0.3 is 4.74 Å². The minimum absolute atomic E-state index is 0.0410. The normalized spacial score (nSPS) is 23.8. The van der Waals surface area contributed by atoms with Crippen LogP contribution in [0.25, 0.3) is 0 Å². The molecular weight excluding hydrogens is 266 g/mol. The van der Waals surface area contributed by atoms with Crippen LogP contribution in [0.15, 0.2) is 0 Å². The number of halogens is 1. The summed E-state index contributed by atoms with van der Waals surface area (Å²) in [6.45, 7) is 6.37. The Hall–Kier alpha value is -1.07. The van der Waals surface area contributed by atoms with Gasteiger partial charge in [0, 0.05) is 32.2 Å². The van der Waals surface area contributed by atoms with Crippen molar-refractivity contribution in [1.29, 1.82) is 0 Å². The maximum Gasteiger partial charge on any atom is 0.310 e. The highest BCUT2D eigenvalue weighted by Crippen LogP contribution is 2.28. The SMILES string of the molecule is COC(=O)C1CN(Cc2c(C)nn(C)c2Cl)CC1C. The van der Waals surface area contributed by atoms with Gasteiger partial charge in [0.2, 0.25) is 0 Å². The summed E-state index contributed by atoms with van der Waals surface area (Å²) in [5.74, 6) is 0.146. The van der Waals surface area contributed by atoms with Gasteiger partial charge in [-0.05, 0) is 12.8 Å². The molecule has 0 bridgehead atoms. The van der Waals surface area contributed by atoms with Crippen molar-refractivity contribution in [3.05, 3.63) is 16.4 Å². The lowest BCUT2D eigenvalue weighted by Gasteiger charge is -2.15. The lowest BCUT2D eigenvalue weighted by atomic mass is 9.99. The number of hydrogen-bond donors (Lipinski definition) is 0. The molecule has 106 valence electrons. The summed E-state index contributed by atoms with van der Waals surface area (Å²) < 4.78 is 6.53. The predicted molar refractivity (Wildman–Crippen MR) is 72.9 cm³/mol. The zero-order valence-corrected chi connectivity index (χ0v) is 12.6. The number of hydrogen-bond acceptors (Lipinski definition) is 4. The number of ether oxygens (including phenoxy) is 1. The number of aryl methyl sites for hydroxylation is 2. The van der Waals surface area contributed by atoms with Crippen LogP contribution < -0.4 is 0 Å². The molecule has 6 heteroatoms. The molecule has 0 saturated carbocycles. The monoisotopic (exact) mass is 285 g/mol. The Morgan fingerprint density at radius 2 is 2.21 bits per heavy atom. The van der Waals surface area contributed by atoms with E-state index in [1.54, 1.807) is 4.68 Å². The van der Waals surface area contributed by atoms with E-state index in [1.165, 1.54) is 7.11 Å². The summed E-state index contributed by atoms with van der Waals surface area (Å²) in [6.07, 6.45) is 0. The van der Waals surface area contributed by atoms with Gasteiger partial charge in [-0.15, -0.1) is 0 Å². The van der Waals surface area contributed by atoms with E-state index in [1.807, 2.05) is 14.0 Å². The second-order valence-corrected chi connectivity index (χ2v) is 5.64. The van der Waals surface area contributed by atoms with E-state index in [0.717, 1.165) is 30.9 Å². The second-order valence-electron chi connectivity index (χ2n) is 5.28. The molecular formula is C13H20ClN3O2. The molecule has 1 aliphatic heterocycles. The summed E-state index contributed by atoms with van der Waals surface area (Å²) >= 11 is 6.24. The smallest absolute Gasteiger partial charge is 0.310 e. The van der Waals surface area contributed by atoms with Crippen LogP contribution in [0, 0.1) is 18.8 Å². The maximum atomic E-state index is 11.7. The highest BCUT2D eigenvalue weighted by molar-refractivity contribution is 6.30. The van der Waals surface area contributed by atoms with Crippen LogP contribution in [0.2, 0.25) is 5.15 Å². The van der Waals surface area contributed by atoms with Crippen molar-refractivity contribution in [3.8, 4) is 0 Å². The van der Waals surface area contributed by atoms with Crippen molar-refractivity contribution >= 4 is 17.6 Å². The molecule has 1 fully saturated rings. The molecule has 1 aromatic rings. The third-order valence-electron chi connectivity index (χ3n) is 3.84. The molecule has 0 aromatic carbocycles. The van der Waals surface area contributed by atoms with E-state index in [4.69, 9.17) is 16.3 Å².